The minimum atomic E-state index is -2.95. The molecule has 96 heavy (non-hydrogen) atoms. The molecule has 30 heteroatoms. The van der Waals surface area contributed by atoms with Crippen LogP contribution in [-0.4, -0.2) is 10.7 Å². The van der Waals surface area contributed by atoms with Gasteiger partial charge >= 0.3 is 42.1 Å². The van der Waals surface area contributed by atoms with Crippen molar-refractivity contribution in [1.82, 2.24) is 0 Å². The molecule has 10 aromatic carbocycles. The van der Waals surface area contributed by atoms with Crippen molar-refractivity contribution in [2.45, 2.75) is 0 Å². The monoisotopic (exact) mass is 1830 g/mol. The minimum Gasteiger partial charge on any atom is -0.300 e. The maximum absolute atomic E-state index is 13.6. The Morgan fingerprint density at radius 2 is 0.385 bits per heavy atom. The van der Waals surface area contributed by atoms with Crippen LogP contribution in [0.4, 0.5) is 87.8 Å². The molecule has 0 spiro atoms. The van der Waals surface area contributed by atoms with Crippen LogP contribution >= 0.6 is 60.7 Å². The van der Waals surface area contributed by atoms with Crippen LogP contribution in [0.15, 0.2) is 182 Å². The van der Waals surface area contributed by atoms with Gasteiger partial charge in [0.2, 0.25) is 14.3 Å². The molecule has 2 nitrogen and oxygen atoms in total. The first-order valence-electron chi connectivity index (χ1n) is 25.0. The van der Waals surface area contributed by atoms with Crippen molar-refractivity contribution in [2.75, 3.05) is 10.7 Å². The Hall–Kier alpha value is -7.08. The van der Waals surface area contributed by atoms with Gasteiger partial charge in [-0.25, -0.2) is 52.7 Å². The predicted octanol–water partition coefficient (Wildman–Crippen LogP) is 19.6. The van der Waals surface area contributed by atoms with Gasteiger partial charge in [-0.05, 0) is 35.6 Å². The molecular weight excluding hydrogens is 1800 g/mol. The summed E-state index contributed by atoms with van der Waals surface area (Å²) in [4.78, 5) is 0. The molecule has 0 atom stereocenters. The van der Waals surface area contributed by atoms with Gasteiger partial charge in [-0.1, -0.05) is 170 Å². The standard InChI is InChI=1S/2C20H15OP.4C6F5.2CH2Cl2.2Pt/c2*21-22(19-12-6-2-7-13-19,20-14-8-3-9-15-20)17-16-18-10-4-1-5-11-18;4*7-2-1-3(8)5(10)6(11)4(2)9;2*2-1-3;;/h2*1-15H;;;;;2*1H2;;/q;;4*-1;;;2*+2. The van der Waals surface area contributed by atoms with E-state index in [4.69, 9.17) is 46.4 Å². The quantitative estimate of drug-likeness (QED) is 0.0335. The molecule has 0 saturated carbocycles. The zero-order valence-corrected chi connectivity index (χ0v) is 56.5. The predicted molar refractivity (Wildman–Crippen MR) is 320 cm³/mol. The van der Waals surface area contributed by atoms with Crippen molar-refractivity contribution < 1.29 is 139 Å². The number of hydrogen-bond acceptors (Lipinski definition) is 2. The SMILES string of the molecule is ClCCl.ClCCl.Fc1[c-]c(F)c(F)c(F)c1F.Fc1[c-]c(F)c(F)c(F)c1F.Fc1[c-]c(F)c(F)c(F)c1F.Fc1[c-]c(F)c(F)c(F)c1F.O=P(C#Cc1ccccc1)(c1ccccc1)c1ccccc1.O=P(C#Cc1ccccc1)(c1ccccc1)c1ccccc1.[Pt+2].[Pt+2]. The van der Waals surface area contributed by atoms with Gasteiger partial charge in [0.1, 0.15) is 0 Å². The summed E-state index contributed by atoms with van der Waals surface area (Å²) in [5.41, 5.74) is 7.84. The van der Waals surface area contributed by atoms with Gasteiger partial charge in [0.25, 0.3) is 0 Å². The average Bonchev–Trinajstić information content (AvgIpc) is 0.826. The molecule has 0 unspecified atom stereocenters. The largest absolute Gasteiger partial charge is 2.00 e. The van der Waals surface area contributed by atoms with Crippen LogP contribution in [-0.2, 0) is 51.3 Å². The van der Waals surface area contributed by atoms with E-state index in [0.29, 0.717) is 0 Å². The van der Waals surface area contributed by atoms with E-state index in [-0.39, 0.29) is 52.8 Å². The first-order chi connectivity index (χ1) is 44.6. The van der Waals surface area contributed by atoms with Gasteiger partial charge in [-0.3, -0.25) is 44.3 Å². The zero-order valence-electron chi connectivity index (χ0n) is 47.1. The normalized spacial score (nSPS) is 9.92. The van der Waals surface area contributed by atoms with Crippen LogP contribution in [0.25, 0.3) is 0 Å². The average molecular weight is 1830 g/mol. The summed E-state index contributed by atoms with van der Waals surface area (Å²) >= 11 is 19.1. The number of alkyl halides is 4. The molecule has 10 rings (SSSR count). The molecule has 0 bridgehead atoms. The van der Waals surface area contributed by atoms with Crippen LogP contribution in [0.3, 0.4) is 0 Å². The second-order valence-electron chi connectivity index (χ2n) is 16.7. The Kier molecular flexibility index (Phi) is 39.8. The van der Waals surface area contributed by atoms with Gasteiger partial charge in [-0.15, -0.1) is 70.7 Å². The maximum atomic E-state index is 13.6. The van der Waals surface area contributed by atoms with E-state index in [9.17, 15) is 96.9 Å². The summed E-state index contributed by atoms with van der Waals surface area (Å²) in [6.07, 6.45) is 0. The molecule has 0 aliphatic carbocycles. The van der Waals surface area contributed by atoms with Crippen molar-refractivity contribution >= 4 is 81.9 Å². The molecule has 0 amide bonds. The molecule has 0 aliphatic heterocycles. The number of rotatable bonds is 4. The number of halogens is 24. The van der Waals surface area contributed by atoms with Crippen molar-refractivity contribution in [2.24, 2.45) is 0 Å². The van der Waals surface area contributed by atoms with Gasteiger partial charge in [0, 0.05) is 32.3 Å². The second-order valence-corrected chi connectivity index (χ2v) is 23.3. The summed E-state index contributed by atoms with van der Waals surface area (Å²) in [6, 6.07) is 61.3. The summed E-state index contributed by atoms with van der Waals surface area (Å²) in [5.74, 6) is -34.0. The molecule has 0 N–H and O–H groups in total. The Bertz CT molecular complexity index is 3710. The molecular formula is C66H34Cl4F20O2P2Pt2. The van der Waals surface area contributed by atoms with Gasteiger partial charge in [0.05, 0.1) is 127 Å². The molecule has 0 heterocycles. The van der Waals surface area contributed by atoms with E-state index in [1.54, 1.807) is 0 Å². The van der Waals surface area contributed by atoms with E-state index in [1.807, 2.05) is 182 Å². The second kappa shape index (κ2) is 44.0. The van der Waals surface area contributed by atoms with Crippen molar-refractivity contribution in [3.63, 3.8) is 0 Å². The Morgan fingerprint density at radius 3 is 0.531 bits per heavy atom. The van der Waals surface area contributed by atoms with Gasteiger partial charge < -0.3 is 0 Å². The third kappa shape index (κ3) is 26.1. The molecule has 0 aliphatic rings. The zero-order chi connectivity index (χ0) is 70.3. The van der Waals surface area contributed by atoms with Crippen LogP contribution in [0.5, 0.6) is 0 Å². The fourth-order valence-electron chi connectivity index (χ4n) is 6.42. The first-order valence-corrected chi connectivity index (χ1v) is 30.6. The fourth-order valence-corrected chi connectivity index (χ4v) is 10.5. The molecule has 508 valence electrons. The van der Waals surface area contributed by atoms with Gasteiger partial charge in [-0.2, -0.15) is 0 Å². The van der Waals surface area contributed by atoms with Crippen LogP contribution in [0.2, 0.25) is 0 Å². The molecule has 0 aromatic heterocycles. The van der Waals surface area contributed by atoms with Gasteiger partial charge in [0.15, 0.2) is 0 Å². The Balaban J connectivity index is 0.000000580. The minimum absolute atomic E-state index is 0. The summed E-state index contributed by atoms with van der Waals surface area (Å²) in [6.45, 7) is 0. The topological polar surface area (TPSA) is 34.1 Å². The summed E-state index contributed by atoms with van der Waals surface area (Å²) in [5, 5.41) is 3.46. The third-order valence-corrected chi connectivity index (χ3v) is 15.7. The first kappa shape index (κ1) is 86.9. The smallest absolute Gasteiger partial charge is 0.300 e. The number of hydrogen-bond donors (Lipinski definition) is 0. The van der Waals surface area contributed by atoms with E-state index in [0.717, 1.165) is 56.6 Å². The summed E-state index contributed by atoms with van der Waals surface area (Å²) in [7, 11) is -5.90. The third-order valence-electron chi connectivity index (χ3n) is 10.7. The van der Waals surface area contributed by atoms with Crippen LogP contribution < -0.4 is 21.2 Å². The van der Waals surface area contributed by atoms with E-state index >= 15 is 0 Å². The summed E-state index contributed by atoms with van der Waals surface area (Å²) < 4.78 is 267. The Morgan fingerprint density at radius 1 is 0.250 bits per heavy atom. The maximum Gasteiger partial charge on any atom is 2.00 e. The van der Waals surface area contributed by atoms with Crippen molar-refractivity contribution in [1.29, 1.82) is 0 Å². The van der Waals surface area contributed by atoms with Crippen molar-refractivity contribution in [3.8, 4) is 23.2 Å². The van der Waals surface area contributed by atoms with E-state index < -0.39 is 131 Å². The van der Waals surface area contributed by atoms with E-state index in [1.165, 1.54) is 0 Å². The molecule has 0 radical (unpaired) electrons. The molecule has 0 fully saturated rings. The number of benzene rings is 10. The molecule has 10 aromatic rings. The molecule has 0 saturated heterocycles. The Labute approximate surface area is 584 Å². The van der Waals surface area contributed by atoms with Crippen molar-refractivity contribution in [3.05, 3.63) is 334 Å². The van der Waals surface area contributed by atoms with Crippen LogP contribution in [0.1, 0.15) is 11.1 Å². The van der Waals surface area contributed by atoms with Crippen LogP contribution in [0, 0.1) is 164 Å². The van der Waals surface area contributed by atoms with E-state index in [2.05, 4.69) is 23.2 Å². The fraction of sp³-hybridized carbons (Fsp3) is 0.0303.